The third kappa shape index (κ3) is 5.40. The van der Waals surface area contributed by atoms with Gasteiger partial charge in [0.15, 0.2) is 0 Å². The van der Waals surface area contributed by atoms with Gasteiger partial charge in [0.2, 0.25) is 0 Å². The summed E-state index contributed by atoms with van der Waals surface area (Å²) in [5, 5.41) is 7.31. The normalized spacial score (nSPS) is 11.6. The van der Waals surface area contributed by atoms with Crippen molar-refractivity contribution in [2.24, 2.45) is 0 Å². The lowest BCUT2D eigenvalue weighted by atomic mass is 9.99. The number of furan rings is 1. The fraction of sp³-hybridized carbons (Fsp3) is 0. The van der Waals surface area contributed by atoms with E-state index in [0.717, 1.165) is 55.6 Å². The summed E-state index contributed by atoms with van der Waals surface area (Å²) in [5.41, 5.74) is 12.2. The van der Waals surface area contributed by atoms with E-state index in [1.54, 1.807) is 0 Å². The number of anilines is 3. The summed E-state index contributed by atoms with van der Waals surface area (Å²) >= 11 is 1.85. The molecule has 0 aliphatic rings. The van der Waals surface area contributed by atoms with Crippen molar-refractivity contribution in [3.05, 3.63) is 200 Å². The molecule has 0 unspecified atom stereocenters. The molecule has 11 rings (SSSR count). The predicted molar refractivity (Wildman–Crippen MR) is 235 cm³/mol. The van der Waals surface area contributed by atoms with Crippen LogP contribution < -0.4 is 4.90 Å². The summed E-state index contributed by atoms with van der Waals surface area (Å²) in [6.07, 6.45) is 0. The number of nitrogens with zero attached hydrogens (tertiary/aromatic N) is 1. The Bertz CT molecular complexity index is 3190. The first-order valence-electron chi connectivity index (χ1n) is 18.7. The van der Waals surface area contributed by atoms with Crippen molar-refractivity contribution in [2.45, 2.75) is 0 Å². The van der Waals surface area contributed by atoms with E-state index in [1.165, 1.54) is 47.8 Å². The van der Waals surface area contributed by atoms with E-state index in [4.69, 9.17) is 4.42 Å². The van der Waals surface area contributed by atoms with Crippen molar-refractivity contribution >= 4 is 81.3 Å². The molecule has 2 heterocycles. The summed E-state index contributed by atoms with van der Waals surface area (Å²) in [5.74, 6) is 0. The van der Waals surface area contributed by atoms with E-state index in [1.807, 2.05) is 17.4 Å². The van der Waals surface area contributed by atoms with Gasteiger partial charge in [-0.05, 0) is 99.3 Å². The Kier molecular flexibility index (Phi) is 7.39. The number of hydrogen-bond acceptors (Lipinski definition) is 3. The Labute approximate surface area is 322 Å². The molecule has 0 amide bonds. The van der Waals surface area contributed by atoms with Crippen LogP contribution in [0.3, 0.4) is 0 Å². The van der Waals surface area contributed by atoms with Gasteiger partial charge in [0, 0.05) is 47.9 Å². The zero-order chi connectivity index (χ0) is 36.3. The zero-order valence-electron chi connectivity index (χ0n) is 29.8. The number of benzene rings is 9. The second kappa shape index (κ2) is 12.9. The molecule has 0 spiro atoms. The van der Waals surface area contributed by atoms with Crippen molar-refractivity contribution < 1.29 is 4.42 Å². The van der Waals surface area contributed by atoms with Gasteiger partial charge in [-0.2, -0.15) is 0 Å². The number of fused-ring (bicyclic) bond motifs is 7. The van der Waals surface area contributed by atoms with Gasteiger partial charge < -0.3 is 9.32 Å². The van der Waals surface area contributed by atoms with Crippen LogP contribution in [-0.2, 0) is 0 Å². The van der Waals surface area contributed by atoms with Crippen molar-refractivity contribution in [2.75, 3.05) is 4.90 Å². The first-order chi connectivity index (χ1) is 27.2. The largest absolute Gasteiger partial charge is 0.455 e. The Hall–Kier alpha value is -6.94. The lowest BCUT2D eigenvalue weighted by molar-refractivity contribution is 0.670. The van der Waals surface area contributed by atoms with Crippen molar-refractivity contribution in [1.82, 2.24) is 0 Å². The number of hydrogen-bond donors (Lipinski definition) is 0. The quantitative estimate of drug-likeness (QED) is 0.170. The van der Waals surface area contributed by atoms with Crippen LogP contribution in [-0.4, -0.2) is 0 Å². The Balaban J connectivity index is 1.01. The molecule has 0 bridgehead atoms. The number of rotatable bonds is 6. The van der Waals surface area contributed by atoms with Crippen LogP contribution in [0.4, 0.5) is 17.1 Å². The highest BCUT2D eigenvalue weighted by molar-refractivity contribution is 7.26. The molecule has 0 radical (unpaired) electrons. The SMILES string of the molecule is c1ccc(-c2cccc3c2oc2ccc(-c4ccc(N(c5ccc(-c6ccc7ccccc7c6)cc5)c5cccc6sc7ccccc7c56)cc4)cc23)cc1. The minimum atomic E-state index is 0.896. The lowest BCUT2D eigenvalue weighted by Crippen LogP contribution is -2.10. The summed E-state index contributed by atoms with van der Waals surface area (Å²) in [7, 11) is 0. The van der Waals surface area contributed by atoms with Gasteiger partial charge in [-0.15, -0.1) is 11.3 Å². The molecule has 2 nitrogen and oxygen atoms in total. The average Bonchev–Trinajstić information content (AvgIpc) is 3.83. The molecule has 0 fully saturated rings. The highest BCUT2D eigenvalue weighted by Crippen LogP contribution is 2.45. The maximum absolute atomic E-state index is 6.49. The average molecular weight is 720 g/mol. The van der Waals surface area contributed by atoms with Crippen LogP contribution in [0.15, 0.2) is 205 Å². The molecule has 2 aromatic heterocycles. The molecule has 55 heavy (non-hydrogen) atoms. The van der Waals surface area contributed by atoms with E-state index < -0.39 is 0 Å². The van der Waals surface area contributed by atoms with Crippen LogP contribution in [0.1, 0.15) is 0 Å². The molecule has 0 saturated carbocycles. The minimum Gasteiger partial charge on any atom is -0.455 e. The van der Waals surface area contributed by atoms with Gasteiger partial charge in [0.25, 0.3) is 0 Å². The van der Waals surface area contributed by atoms with Crippen LogP contribution in [0.5, 0.6) is 0 Å². The molecule has 3 heteroatoms. The molecule has 0 atom stereocenters. The molecule has 0 saturated heterocycles. The smallest absolute Gasteiger partial charge is 0.143 e. The van der Waals surface area contributed by atoms with Crippen LogP contribution >= 0.6 is 11.3 Å². The van der Waals surface area contributed by atoms with Gasteiger partial charge in [-0.25, -0.2) is 0 Å². The van der Waals surface area contributed by atoms with E-state index in [2.05, 4.69) is 199 Å². The first-order valence-corrected chi connectivity index (χ1v) is 19.5. The topological polar surface area (TPSA) is 16.4 Å². The highest BCUT2D eigenvalue weighted by atomic mass is 32.1. The molecule has 0 N–H and O–H groups in total. The van der Waals surface area contributed by atoms with Crippen LogP contribution in [0.2, 0.25) is 0 Å². The maximum atomic E-state index is 6.49. The second-order valence-electron chi connectivity index (χ2n) is 14.1. The monoisotopic (exact) mass is 719 g/mol. The van der Waals surface area contributed by atoms with Gasteiger partial charge in [-0.1, -0.05) is 140 Å². The van der Waals surface area contributed by atoms with Crippen LogP contribution in [0.25, 0.3) is 86.3 Å². The lowest BCUT2D eigenvalue weighted by Gasteiger charge is -2.27. The number of para-hydroxylation sites is 1. The highest BCUT2D eigenvalue weighted by Gasteiger charge is 2.19. The van der Waals surface area contributed by atoms with Crippen molar-refractivity contribution in [1.29, 1.82) is 0 Å². The number of thiophene rings is 1. The Morgan fingerprint density at radius 3 is 1.80 bits per heavy atom. The molecule has 0 aliphatic heterocycles. The summed E-state index contributed by atoms with van der Waals surface area (Å²) in [6.45, 7) is 0. The Morgan fingerprint density at radius 1 is 0.382 bits per heavy atom. The zero-order valence-corrected chi connectivity index (χ0v) is 30.6. The fourth-order valence-corrected chi connectivity index (χ4v) is 9.29. The van der Waals surface area contributed by atoms with Gasteiger partial charge in [0.1, 0.15) is 11.2 Å². The molecule has 11 aromatic rings. The standard InChI is InChI=1S/C52H33NOS/c1-2-11-37(12-3-1)43-15-8-16-44-46-33-40(26-31-48(46)54-52(43)44)36-24-29-42(30-25-36)53(47-17-9-19-50-51(47)45-14-6-7-18-49(45)55-50)41-27-22-35(23-28-41)39-21-20-34-10-4-5-13-38(34)32-39/h1-33H. The first kappa shape index (κ1) is 31.6. The van der Waals surface area contributed by atoms with Gasteiger partial charge in [-0.3, -0.25) is 0 Å². The molecular formula is C52H33NOS. The summed E-state index contributed by atoms with van der Waals surface area (Å²) in [4.78, 5) is 2.41. The Morgan fingerprint density at radius 2 is 1.00 bits per heavy atom. The van der Waals surface area contributed by atoms with E-state index >= 15 is 0 Å². The minimum absolute atomic E-state index is 0.896. The van der Waals surface area contributed by atoms with Crippen molar-refractivity contribution in [3.8, 4) is 33.4 Å². The van der Waals surface area contributed by atoms with E-state index in [0.29, 0.717) is 0 Å². The second-order valence-corrected chi connectivity index (χ2v) is 15.2. The maximum Gasteiger partial charge on any atom is 0.143 e. The summed E-state index contributed by atoms with van der Waals surface area (Å²) in [6, 6.07) is 72.2. The summed E-state index contributed by atoms with van der Waals surface area (Å²) < 4.78 is 9.06. The van der Waals surface area contributed by atoms with Crippen LogP contribution in [0, 0.1) is 0 Å². The fourth-order valence-electron chi connectivity index (χ4n) is 8.17. The van der Waals surface area contributed by atoms with Gasteiger partial charge >= 0.3 is 0 Å². The van der Waals surface area contributed by atoms with E-state index in [-0.39, 0.29) is 0 Å². The molecule has 0 aliphatic carbocycles. The third-order valence-corrected chi connectivity index (χ3v) is 12.0. The molecular weight excluding hydrogens is 687 g/mol. The third-order valence-electron chi connectivity index (χ3n) is 10.9. The molecule has 9 aromatic carbocycles. The predicted octanol–water partition coefficient (Wildman–Crippen LogP) is 15.6. The van der Waals surface area contributed by atoms with Gasteiger partial charge in [0.05, 0.1) is 5.69 Å². The van der Waals surface area contributed by atoms with Crippen molar-refractivity contribution in [3.63, 3.8) is 0 Å². The van der Waals surface area contributed by atoms with E-state index in [9.17, 15) is 0 Å². The molecule has 258 valence electrons.